The molecular weight excluding hydrogens is 456 g/mol. The van der Waals surface area contributed by atoms with Gasteiger partial charge in [0.25, 0.3) is 11.7 Å². The lowest BCUT2D eigenvalue weighted by molar-refractivity contribution is -0.140. The topological polar surface area (TPSA) is 89.0 Å². The number of pyridine rings is 1. The van der Waals surface area contributed by atoms with Crippen LogP contribution < -0.4 is 9.47 Å². The first-order valence-electron chi connectivity index (χ1n) is 10.7. The van der Waals surface area contributed by atoms with E-state index in [1.54, 1.807) is 61.8 Å². The summed E-state index contributed by atoms with van der Waals surface area (Å²) in [6.45, 7) is 2.34. The first-order valence-corrected chi connectivity index (χ1v) is 11.1. The molecule has 0 aliphatic carbocycles. The molecule has 1 unspecified atom stereocenters. The van der Waals surface area contributed by atoms with Crippen molar-refractivity contribution in [2.45, 2.75) is 19.5 Å². The Balaban J connectivity index is 1.81. The molecule has 1 aliphatic rings. The van der Waals surface area contributed by atoms with Gasteiger partial charge in [-0.15, -0.1) is 0 Å². The van der Waals surface area contributed by atoms with E-state index in [1.807, 2.05) is 19.1 Å². The fourth-order valence-corrected chi connectivity index (χ4v) is 4.06. The molecule has 0 saturated carbocycles. The smallest absolute Gasteiger partial charge is 0.296 e. The second kappa shape index (κ2) is 9.97. The van der Waals surface area contributed by atoms with Crippen LogP contribution in [0.1, 0.15) is 29.8 Å². The summed E-state index contributed by atoms with van der Waals surface area (Å²) in [5, 5.41) is 11.6. The van der Waals surface area contributed by atoms with Crippen LogP contribution in [0.5, 0.6) is 11.5 Å². The number of hydrogen-bond acceptors (Lipinski definition) is 6. The number of carbonyl (C=O) groups is 2. The van der Waals surface area contributed by atoms with Crippen LogP contribution in [0.3, 0.4) is 0 Å². The zero-order valence-corrected chi connectivity index (χ0v) is 19.5. The van der Waals surface area contributed by atoms with Crippen molar-refractivity contribution < 1.29 is 24.2 Å². The predicted molar refractivity (Wildman–Crippen MR) is 128 cm³/mol. The number of ether oxygens (including phenoxy) is 2. The van der Waals surface area contributed by atoms with Crippen LogP contribution in [-0.4, -0.2) is 40.4 Å². The fourth-order valence-electron chi connectivity index (χ4n) is 3.89. The summed E-state index contributed by atoms with van der Waals surface area (Å²) in [6.07, 6.45) is 1.58. The molecule has 2 aromatic carbocycles. The number of benzene rings is 2. The summed E-state index contributed by atoms with van der Waals surface area (Å²) in [7, 11) is 1.57. The molecule has 1 atom stereocenters. The number of Topliss-reactive ketones (excluding diaryl/α,β-unsaturated/α-hetero) is 1. The number of aliphatic hydroxyl groups excluding tert-OH is 1. The molecule has 4 rings (SSSR count). The Kier molecular flexibility index (Phi) is 6.84. The Labute approximate surface area is 202 Å². The minimum Gasteiger partial charge on any atom is -0.507 e. The summed E-state index contributed by atoms with van der Waals surface area (Å²) < 4.78 is 10.7. The van der Waals surface area contributed by atoms with E-state index >= 15 is 0 Å². The van der Waals surface area contributed by atoms with Crippen LogP contribution in [0.15, 0.2) is 72.4 Å². The largest absolute Gasteiger partial charge is 0.507 e. The van der Waals surface area contributed by atoms with Crippen LogP contribution in [0.25, 0.3) is 5.76 Å². The Morgan fingerprint density at radius 1 is 1.12 bits per heavy atom. The van der Waals surface area contributed by atoms with Crippen LogP contribution in [0.4, 0.5) is 0 Å². The molecule has 0 bridgehead atoms. The number of ketones is 1. The fraction of sp³-hybridized carbons (Fsp3) is 0.192. The molecule has 1 saturated heterocycles. The standard InChI is InChI=1S/C26H23ClN2O5/c1-3-34-21-14-17(9-12-19(21)27)24(30)22-23(20-6-4-5-13-28-20)29(26(32)25(22)31)15-16-7-10-18(33-2)11-8-16/h4-14,23,30H,3,15H2,1-2H3/b24-22-. The first kappa shape index (κ1) is 23.3. The third-order valence-electron chi connectivity index (χ3n) is 5.52. The van der Waals surface area contributed by atoms with Gasteiger partial charge in [0.05, 0.1) is 30.0 Å². The van der Waals surface area contributed by atoms with Crippen molar-refractivity contribution in [2.24, 2.45) is 0 Å². The molecule has 1 aliphatic heterocycles. The minimum atomic E-state index is -0.866. The number of hydrogen-bond donors (Lipinski definition) is 1. The molecule has 3 aromatic rings. The molecule has 2 heterocycles. The van der Waals surface area contributed by atoms with Crippen molar-refractivity contribution in [1.82, 2.24) is 9.88 Å². The predicted octanol–water partition coefficient (Wildman–Crippen LogP) is 4.76. The highest BCUT2D eigenvalue weighted by atomic mass is 35.5. The molecule has 7 nitrogen and oxygen atoms in total. The Bertz CT molecular complexity index is 1240. The van der Waals surface area contributed by atoms with Crippen molar-refractivity contribution in [3.05, 3.63) is 94.3 Å². The highest BCUT2D eigenvalue weighted by Crippen LogP contribution is 2.40. The van der Waals surface area contributed by atoms with E-state index in [2.05, 4.69) is 4.98 Å². The van der Waals surface area contributed by atoms with Crippen molar-refractivity contribution in [2.75, 3.05) is 13.7 Å². The minimum absolute atomic E-state index is 0.0398. The molecule has 0 spiro atoms. The number of aliphatic hydroxyl groups is 1. The van der Waals surface area contributed by atoms with Gasteiger partial charge in [-0.05, 0) is 55.0 Å². The number of nitrogens with zero attached hydrogens (tertiary/aromatic N) is 2. The molecule has 1 N–H and O–H groups in total. The van der Waals surface area contributed by atoms with Gasteiger partial charge in [-0.2, -0.15) is 0 Å². The van der Waals surface area contributed by atoms with Crippen molar-refractivity contribution in [3.63, 3.8) is 0 Å². The molecule has 0 radical (unpaired) electrons. The molecule has 1 fully saturated rings. The van der Waals surface area contributed by atoms with Gasteiger partial charge in [-0.25, -0.2) is 0 Å². The summed E-state index contributed by atoms with van der Waals surface area (Å²) in [6, 6.07) is 16.3. The maximum absolute atomic E-state index is 13.2. The van der Waals surface area contributed by atoms with E-state index in [9.17, 15) is 14.7 Å². The van der Waals surface area contributed by atoms with Gasteiger partial charge in [0.15, 0.2) is 0 Å². The molecule has 34 heavy (non-hydrogen) atoms. The van der Waals surface area contributed by atoms with E-state index in [1.165, 1.54) is 4.90 Å². The van der Waals surface area contributed by atoms with Gasteiger partial charge in [-0.1, -0.05) is 29.8 Å². The lowest BCUT2D eigenvalue weighted by atomic mass is 9.98. The summed E-state index contributed by atoms with van der Waals surface area (Å²) in [5.74, 6) is -0.763. The summed E-state index contributed by atoms with van der Waals surface area (Å²) in [5.41, 5.74) is 1.54. The number of amides is 1. The first-order chi connectivity index (χ1) is 16.4. The van der Waals surface area contributed by atoms with Crippen LogP contribution in [-0.2, 0) is 16.1 Å². The Morgan fingerprint density at radius 3 is 2.53 bits per heavy atom. The van der Waals surface area contributed by atoms with Gasteiger partial charge in [0.2, 0.25) is 0 Å². The number of rotatable bonds is 7. The Hall–Kier alpha value is -3.84. The van der Waals surface area contributed by atoms with Gasteiger partial charge in [0.1, 0.15) is 23.3 Å². The molecule has 174 valence electrons. The second-order valence-electron chi connectivity index (χ2n) is 7.61. The number of aromatic nitrogens is 1. The zero-order valence-electron chi connectivity index (χ0n) is 18.7. The highest BCUT2D eigenvalue weighted by molar-refractivity contribution is 6.46. The number of halogens is 1. The van der Waals surface area contributed by atoms with Gasteiger partial charge < -0.3 is 19.5 Å². The average Bonchev–Trinajstić information content (AvgIpc) is 3.11. The maximum Gasteiger partial charge on any atom is 0.296 e. The monoisotopic (exact) mass is 478 g/mol. The van der Waals surface area contributed by atoms with Crippen molar-refractivity contribution in [1.29, 1.82) is 0 Å². The van der Waals surface area contributed by atoms with E-state index < -0.39 is 17.7 Å². The Morgan fingerprint density at radius 2 is 1.88 bits per heavy atom. The summed E-state index contributed by atoms with van der Waals surface area (Å²) in [4.78, 5) is 32.1. The molecule has 1 aromatic heterocycles. The van der Waals surface area contributed by atoms with E-state index in [0.29, 0.717) is 34.4 Å². The third-order valence-corrected chi connectivity index (χ3v) is 5.84. The van der Waals surface area contributed by atoms with Crippen LogP contribution in [0.2, 0.25) is 5.02 Å². The quantitative estimate of drug-likeness (QED) is 0.299. The number of likely N-dealkylation sites (tertiary alicyclic amines) is 1. The lowest BCUT2D eigenvalue weighted by Crippen LogP contribution is -2.29. The maximum atomic E-state index is 13.2. The van der Waals surface area contributed by atoms with Gasteiger partial charge in [-0.3, -0.25) is 14.6 Å². The van der Waals surface area contributed by atoms with Gasteiger partial charge >= 0.3 is 0 Å². The third kappa shape index (κ3) is 4.47. The number of methoxy groups -OCH3 is 1. The summed E-state index contributed by atoms with van der Waals surface area (Å²) >= 11 is 6.18. The van der Waals surface area contributed by atoms with Crippen LogP contribution >= 0.6 is 11.6 Å². The van der Waals surface area contributed by atoms with E-state index in [0.717, 1.165) is 5.56 Å². The van der Waals surface area contributed by atoms with Crippen molar-refractivity contribution in [3.8, 4) is 11.5 Å². The SMILES string of the molecule is CCOc1cc(/C(O)=C2/C(=O)C(=O)N(Cc3ccc(OC)cc3)C2c2ccccn2)ccc1Cl. The molecule has 1 amide bonds. The zero-order chi connectivity index (χ0) is 24.2. The van der Waals surface area contributed by atoms with Crippen LogP contribution in [0, 0.1) is 0 Å². The van der Waals surface area contributed by atoms with Crippen molar-refractivity contribution >= 4 is 29.1 Å². The lowest BCUT2D eigenvalue weighted by Gasteiger charge is -2.24. The second-order valence-corrected chi connectivity index (χ2v) is 8.02. The van der Waals surface area contributed by atoms with Gasteiger partial charge in [0, 0.05) is 18.3 Å². The van der Waals surface area contributed by atoms with E-state index in [4.69, 9.17) is 21.1 Å². The number of carbonyl (C=O) groups excluding carboxylic acids is 2. The average molecular weight is 479 g/mol. The van der Waals surface area contributed by atoms with E-state index in [-0.39, 0.29) is 17.9 Å². The molecule has 8 heteroatoms. The molecular formula is C26H23ClN2O5. The normalized spacial score (nSPS) is 17.1. The highest BCUT2D eigenvalue weighted by Gasteiger charge is 2.46.